The molecule has 0 saturated heterocycles. The molecule has 0 fully saturated rings. The van der Waals surface area contributed by atoms with Gasteiger partial charge < -0.3 is 19.2 Å². The van der Waals surface area contributed by atoms with Crippen molar-refractivity contribution in [3.8, 4) is 5.75 Å². The summed E-state index contributed by atoms with van der Waals surface area (Å²) in [4.78, 5) is 45.9. The number of carbonyl (C=O) groups is 2. The molecule has 2 aromatic carbocycles. The number of hydrogen-bond donors (Lipinski definition) is 1. The highest BCUT2D eigenvalue weighted by Gasteiger charge is 2.13. The van der Waals surface area contributed by atoms with Crippen LogP contribution in [0.25, 0.3) is 11.0 Å². The Bertz CT molecular complexity index is 1150. The Kier molecular flexibility index (Phi) is 6.94. The van der Waals surface area contributed by atoms with Crippen molar-refractivity contribution < 1.29 is 28.4 Å². The Morgan fingerprint density at radius 2 is 1.84 bits per heavy atom. The smallest absolute Gasteiger partial charge is 0.349 e. The van der Waals surface area contributed by atoms with E-state index in [0.29, 0.717) is 23.1 Å². The van der Waals surface area contributed by atoms with Gasteiger partial charge in [-0.2, -0.15) is 0 Å². The Labute approximate surface area is 175 Å². The van der Waals surface area contributed by atoms with Crippen molar-refractivity contribution in [1.29, 1.82) is 0 Å². The van der Waals surface area contributed by atoms with Gasteiger partial charge in [0.1, 0.15) is 16.9 Å². The van der Waals surface area contributed by atoms with Crippen LogP contribution in [0.3, 0.4) is 0 Å². The molecule has 0 spiro atoms. The van der Waals surface area contributed by atoms with Crippen LogP contribution in [0.15, 0.2) is 63.8 Å². The predicted molar refractivity (Wildman–Crippen MR) is 109 cm³/mol. The lowest BCUT2D eigenvalue weighted by Gasteiger charge is -2.08. The summed E-state index contributed by atoms with van der Waals surface area (Å²) in [6.45, 7) is -0.140. The Morgan fingerprint density at radius 1 is 1.10 bits per heavy atom. The average molecular weight is 426 g/mol. The third-order valence-electron chi connectivity index (χ3n) is 4.16. The van der Waals surface area contributed by atoms with Gasteiger partial charge >= 0.3 is 11.6 Å². The van der Waals surface area contributed by atoms with E-state index in [9.17, 15) is 24.5 Å². The van der Waals surface area contributed by atoms with Crippen LogP contribution >= 0.6 is 0 Å². The molecule has 0 aliphatic heterocycles. The largest absolute Gasteiger partial charge is 0.482 e. The molecule has 31 heavy (non-hydrogen) atoms. The predicted octanol–water partition coefficient (Wildman–Crippen LogP) is 2.44. The quantitative estimate of drug-likeness (QED) is 0.181. The summed E-state index contributed by atoms with van der Waals surface area (Å²) in [7, 11) is 0. The van der Waals surface area contributed by atoms with Gasteiger partial charge in [0.2, 0.25) is 0 Å². The molecule has 0 aliphatic carbocycles. The summed E-state index contributed by atoms with van der Waals surface area (Å²) in [5.41, 5.74) is -0.524. The third-order valence-corrected chi connectivity index (χ3v) is 4.16. The van der Waals surface area contributed by atoms with E-state index in [-0.39, 0.29) is 31.0 Å². The first-order valence-electron chi connectivity index (χ1n) is 9.28. The first kappa shape index (κ1) is 21.5. The molecule has 0 radical (unpaired) electrons. The molecule has 0 atom stereocenters. The number of fused-ring (bicyclic) bond motifs is 1. The molecule has 1 N–H and O–H groups in total. The van der Waals surface area contributed by atoms with Crippen molar-refractivity contribution in [3.05, 3.63) is 80.7 Å². The highest BCUT2D eigenvalue weighted by atomic mass is 16.6. The zero-order valence-electron chi connectivity index (χ0n) is 16.2. The van der Waals surface area contributed by atoms with Crippen molar-refractivity contribution in [2.75, 3.05) is 19.8 Å². The van der Waals surface area contributed by atoms with E-state index in [4.69, 9.17) is 13.9 Å². The summed E-state index contributed by atoms with van der Waals surface area (Å²) in [6.07, 6.45) is 0.327. The highest BCUT2D eigenvalue weighted by Crippen LogP contribution is 2.17. The van der Waals surface area contributed by atoms with Gasteiger partial charge in [-0.1, -0.05) is 18.2 Å². The van der Waals surface area contributed by atoms with Crippen molar-refractivity contribution in [1.82, 2.24) is 5.32 Å². The van der Waals surface area contributed by atoms with Gasteiger partial charge in [0.05, 0.1) is 11.5 Å². The van der Waals surface area contributed by atoms with Crippen molar-refractivity contribution in [3.63, 3.8) is 0 Å². The summed E-state index contributed by atoms with van der Waals surface area (Å²) in [6, 6.07) is 13.6. The second kappa shape index (κ2) is 10.0. The summed E-state index contributed by atoms with van der Waals surface area (Å²) < 4.78 is 15.3. The first-order chi connectivity index (χ1) is 14.9. The van der Waals surface area contributed by atoms with Gasteiger partial charge in [0.15, 0.2) is 6.61 Å². The SMILES string of the molecule is O=C(COc1ccc([N+](=O)[O-])cc1)OCCCNC(=O)c1cc2ccccc2oc1=O. The number of esters is 1. The fourth-order valence-electron chi connectivity index (χ4n) is 2.62. The molecule has 10 nitrogen and oxygen atoms in total. The van der Waals surface area contributed by atoms with E-state index in [1.165, 1.54) is 30.3 Å². The van der Waals surface area contributed by atoms with Crippen molar-refractivity contribution in [2.45, 2.75) is 6.42 Å². The van der Waals surface area contributed by atoms with Gasteiger partial charge in [-0.05, 0) is 30.7 Å². The van der Waals surface area contributed by atoms with Crippen LogP contribution in [-0.2, 0) is 9.53 Å². The fourth-order valence-corrected chi connectivity index (χ4v) is 2.62. The van der Waals surface area contributed by atoms with E-state index < -0.39 is 22.4 Å². The number of para-hydroxylation sites is 1. The number of nitro groups is 1. The summed E-state index contributed by atoms with van der Waals surface area (Å²) in [5.74, 6) is -0.906. The van der Waals surface area contributed by atoms with Gasteiger partial charge in [0.25, 0.3) is 11.6 Å². The van der Waals surface area contributed by atoms with Gasteiger partial charge in [0, 0.05) is 24.1 Å². The lowest BCUT2D eigenvalue weighted by atomic mass is 10.2. The number of nitrogens with one attached hydrogen (secondary N) is 1. The summed E-state index contributed by atoms with van der Waals surface area (Å²) in [5, 5.41) is 13.8. The van der Waals surface area contributed by atoms with Gasteiger partial charge in [-0.15, -0.1) is 0 Å². The van der Waals surface area contributed by atoms with Gasteiger partial charge in [-0.25, -0.2) is 9.59 Å². The number of amides is 1. The number of benzene rings is 2. The molecule has 160 valence electrons. The third kappa shape index (κ3) is 5.89. The van der Waals surface area contributed by atoms with E-state index >= 15 is 0 Å². The van der Waals surface area contributed by atoms with E-state index in [2.05, 4.69) is 5.32 Å². The molecular formula is C21H18N2O8. The number of non-ortho nitro benzene ring substituents is 1. The minimum absolute atomic E-state index is 0.0368. The second-order valence-electron chi connectivity index (χ2n) is 6.35. The number of nitro benzene ring substituents is 1. The van der Waals surface area contributed by atoms with E-state index in [0.717, 1.165) is 0 Å². The number of ether oxygens (including phenoxy) is 2. The standard InChI is InChI=1S/C21H18N2O8/c24-19(13-30-16-8-6-15(7-9-16)23(27)28)29-11-3-10-22-20(25)17-12-14-4-1-2-5-18(14)31-21(17)26/h1-2,4-9,12H,3,10-11,13H2,(H,22,25). The van der Waals surface area contributed by atoms with Crippen LogP contribution in [0, 0.1) is 10.1 Å². The van der Waals surface area contributed by atoms with Gasteiger partial charge in [-0.3, -0.25) is 14.9 Å². The molecular weight excluding hydrogens is 408 g/mol. The zero-order chi connectivity index (χ0) is 22.2. The number of carbonyl (C=O) groups excluding carboxylic acids is 2. The maximum absolute atomic E-state index is 12.2. The molecule has 0 aliphatic rings. The summed E-state index contributed by atoms with van der Waals surface area (Å²) >= 11 is 0. The van der Waals surface area contributed by atoms with E-state index in [1.807, 2.05) is 0 Å². The van der Waals surface area contributed by atoms with Crippen LogP contribution in [-0.4, -0.2) is 36.6 Å². The Balaban J connectivity index is 1.37. The molecule has 1 heterocycles. The maximum Gasteiger partial charge on any atom is 0.349 e. The Hall–Kier alpha value is -4.21. The molecule has 3 aromatic rings. The van der Waals surface area contributed by atoms with E-state index in [1.54, 1.807) is 24.3 Å². The van der Waals surface area contributed by atoms with Crippen LogP contribution < -0.4 is 15.7 Å². The first-order valence-corrected chi connectivity index (χ1v) is 9.28. The monoisotopic (exact) mass is 426 g/mol. The molecule has 0 saturated carbocycles. The number of nitrogens with zero attached hydrogens (tertiary/aromatic N) is 1. The minimum atomic E-state index is -0.731. The molecule has 10 heteroatoms. The van der Waals surface area contributed by atoms with Crippen LogP contribution in [0.5, 0.6) is 5.75 Å². The van der Waals surface area contributed by atoms with Crippen LogP contribution in [0.4, 0.5) is 5.69 Å². The lowest BCUT2D eigenvalue weighted by Crippen LogP contribution is -2.29. The second-order valence-corrected chi connectivity index (χ2v) is 6.35. The van der Waals surface area contributed by atoms with Crippen molar-refractivity contribution in [2.24, 2.45) is 0 Å². The molecule has 0 bridgehead atoms. The topological polar surface area (TPSA) is 138 Å². The fraction of sp³-hybridized carbons (Fsp3) is 0.190. The average Bonchev–Trinajstić information content (AvgIpc) is 2.77. The maximum atomic E-state index is 12.2. The molecule has 3 rings (SSSR count). The molecule has 1 aromatic heterocycles. The Morgan fingerprint density at radius 3 is 2.58 bits per heavy atom. The van der Waals surface area contributed by atoms with Crippen LogP contribution in [0.2, 0.25) is 0 Å². The zero-order valence-corrected chi connectivity index (χ0v) is 16.2. The van der Waals surface area contributed by atoms with Crippen molar-refractivity contribution >= 4 is 28.5 Å². The number of rotatable bonds is 9. The van der Waals surface area contributed by atoms with Crippen LogP contribution in [0.1, 0.15) is 16.8 Å². The molecule has 0 unspecified atom stereocenters. The normalized spacial score (nSPS) is 10.5. The molecule has 1 amide bonds. The highest BCUT2D eigenvalue weighted by molar-refractivity contribution is 5.96. The lowest BCUT2D eigenvalue weighted by molar-refractivity contribution is -0.384. The minimum Gasteiger partial charge on any atom is -0.482 e. The number of hydrogen-bond acceptors (Lipinski definition) is 8.